The van der Waals surface area contributed by atoms with Crippen molar-refractivity contribution in [1.82, 2.24) is 4.90 Å². The van der Waals surface area contributed by atoms with Crippen LogP contribution in [0.3, 0.4) is 0 Å². The maximum absolute atomic E-state index is 5.99. The molecule has 1 aliphatic rings. The average Bonchev–Trinajstić information content (AvgIpc) is 2.35. The van der Waals surface area contributed by atoms with Crippen molar-refractivity contribution in [3.8, 4) is 0 Å². The standard InChI is InChI=1S/C16H33NO/c1-5-7-15(4)17-11-9-16(10-12-17)18-13-6-8-14(2)3/h14-16H,5-13H2,1-4H3/t15-/m0/s1. The monoisotopic (exact) mass is 255 g/mol. The van der Waals surface area contributed by atoms with Crippen molar-refractivity contribution < 1.29 is 4.74 Å². The van der Waals surface area contributed by atoms with E-state index in [1.54, 1.807) is 0 Å². The molecule has 0 amide bonds. The highest BCUT2D eigenvalue weighted by atomic mass is 16.5. The summed E-state index contributed by atoms with van der Waals surface area (Å²) in [7, 11) is 0. The third kappa shape index (κ3) is 6.19. The molecular formula is C16H33NO. The highest BCUT2D eigenvalue weighted by Gasteiger charge is 2.22. The molecule has 1 saturated heterocycles. The summed E-state index contributed by atoms with van der Waals surface area (Å²) >= 11 is 0. The Bertz CT molecular complexity index is 197. The number of rotatable bonds is 8. The lowest BCUT2D eigenvalue weighted by Crippen LogP contribution is -2.42. The number of piperidine rings is 1. The predicted octanol–water partition coefficient (Wildman–Crippen LogP) is 4.09. The van der Waals surface area contributed by atoms with Gasteiger partial charge in [-0.25, -0.2) is 0 Å². The van der Waals surface area contributed by atoms with Gasteiger partial charge < -0.3 is 9.64 Å². The molecule has 1 rings (SSSR count). The van der Waals surface area contributed by atoms with Crippen LogP contribution in [0.2, 0.25) is 0 Å². The molecule has 2 nitrogen and oxygen atoms in total. The molecule has 0 aromatic carbocycles. The maximum Gasteiger partial charge on any atom is 0.0599 e. The quantitative estimate of drug-likeness (QED) is 0.606. The Morgan fingerprint density at radius 1 is 1.11 bits per heavy atom. The molecule has 1 aliphatic heterocycles. The van der Waals surface area contributed by atoms with Crippen LogP contribution in [0.1, 0.15) is 66.2 Å². The fourth-order valence-corrected chi connectivity index (χ4v) is 2.83. The Morgan fingerprint density at radius 3 is 2.33 bits per heavy atom. The van der Waals surface area contributed by atoms with Crippen molar-refractivity contribution in [2.24, 2.45) is 5.92 Å². The summed E-state index contributed by atoms with van der Waals surface area (Å²) in [6.07, 6.45) is 8.15. The molecule has 0 spiro atoms. The van der Waals surface area contributed by atoms with Crippen LogP contribution in [-0.4, -0.2) is 36.7 Å². The Morgan fingerprint density at radius 2 is 1.78 bits per heavy atom. The van der Waals surface area contributed by atoms with Crippen molar-refractivity contribution >= 4 is 0 Å². The summed E-state index contributed by atoms with van der Waals surface area (Å²) in [6.45, 7) is 12.6. The molecule has 0 aromatic rings. The lowest BCUT2D eigenvalue weighted by Gasteiger charge is -2.36. The van der Waals surface area contributed by atoms with E-state index >= 15 is 0 Å². The molecule has 0 N–H and O–H groups in total. The van der Waals surface area contributed by atoms with Crippen molar-refractivity contribution in [1.29, 1.82) is 0 Å². The van der Waals surface area contributed by atoms with Gasteiger partial charge in [0.1, 0.15) is 0 Å². The van der Waals surface area contributed by atoms with E-state index in [2.05, 4.69) is 32.6 Å². The minimum absolute atomic E-state index is 0.530. The zero-order valence-electron chi connectivity index (χ0n) is 13.0. The lowest BCUT2D eigenvalue weighted by molar-refractivity contribution is -0.00309. The predicted molar refractivity (Wildman–Crippen MR) is 79.0 cm³/mol. The lowest BCUT2D eigenvalue weighted by atomic mass is 10.0. The summed E-state index contributed by atoms with van der Waals surface area (Å²) in [5.41, 5.74) is 0. The first-order valence-electron chi connectivity index (χ1n) is 7.99. The number of hydrogen-bond donors (Lipinski definition) is 0. The molecular weight excluding hydrogens is 222 g/mol. The summed E-state index contributed by atoms with van der Waals surface area (Å²) in [5.74, 6) is 0.811. The highest BCUT2D eigenvalue weighted by molar-refractivity contribution is 4.76. The van der Waals surface area contributed by atoms with Crippen LogP contribution < -0.4 is 0 Å². The second-order valence-corrected chi connectivity index (χ2v) is 6.28. The molecule has 108 valence electrons. The van der Waals surface area contributed by atoms with E-state index in [4.69, 9.17) is 4.74 Å². The topological polar surface area (TPSA) is 12.5 Å². The summed E-state index contributed by atoms with van der Waals surface area (Å²) in [5, 5.41) is 0. The van der Waals surface area contributed by atoms with Gasteiger partial charge in [-0.2, -0.15) is 0 Å². The van der Waals surface area contributed by atoms with Crippen molar-refractivity contribution in [2.75, 3.05) is 19.7 Å². The van der Waals surface area contributed by atoms with Gasteiger partial charge in [0.15, 0.2) is 0 Å². The van der Waals surface area contributed by atoms with E-state index in [0.29, 0.717) is 6.10 Å². The highest BCUT2D eigenvalue weighted by Crippen LogP contribution is 2.18. The third-order valence-corrected chi connectivity index (χ3v) is 4.09. The Labute approximate surface area is 114 Å². The van der Waals surface area contributed by atoms with E-state index in [-0.39, 0.29) is 0 Å². The zero-order valence-corrected chi connectivity index (χ0v) is 13.0. The van der Waals surface area contributed by atoms with Crippen molar-refractivity contribution in [3.63, 3.8) is 0 Å². The first kappa shape index (κ1) is 16.0. The number of nitrogens with zero attached hydrogens (tertiary/aromatic N) is 1. The molecule has 0 bridgehead atoms. The van der Waals surface area contributed by atoms with Crippen LogP contribution in [-0.2, 0) is 4.74 Å². The van der Waals surface area contributed by atoms with Crippen LogP contribution in [0, 0.1) is 5.92 Å². The molecule has 1 atom stereocenters. The summed E-state index contributed by atoms with van der Waals surface area (Å²) < 4.78 is 5.99. The fraction of sp³-hybridized carbons (Fsp3) is 1.00. The van der Waals surface area contributed by atoms with Gasteiger partial charge in [-0.15, -0.1) is 0 Å². The van der Waals surface area contributed by atoms with Crippen LogP contribution in [0.25, 0.3) is 0 Å². The second kappa shape index (κ2) is 8.92. The van der Waals surface area contributed by atoms with Crippen LogP contribution in [0.4, 0.5) is 0 Å². The van der Waals surface area contributed by atoms with Gasteiger partial charge in [0.2, 0.25) is 0 Å². The molecule has 1 heterocycles. The SMILES string of the molecule is CCC[C@H](C)N1CCC(OCCCC(C)C)CC1. The molecule has 18 heavy (non-hydrogen) atoms. The zero-order chi connectivity index (χ0) is 13.4. The first-order valence-corrected chi connectivity index (χ1v) is 7.99. The Hall–Kier alpha value is -0.0800. The number of likely N-dealkylation sites (tertiary alicyclic amines) is 1. The molecule has 0 aliphatic carbocycles. The van der Waals surface area contributed by atoms with Gasteiger partial charge in [-0.3, -0.25) is 0 Å². The summed E-state index contributed by atoms with van der Waals surface area (Å²) in [6, 6.07) is 0.761. The van der Waals surface area contributed by atoms with Gasteiger partial charge in [0.25, 0.3) is 0 Å². The van der Waals surface area contributed by atoms with Crippen LogP contribution in [0.5, 0.6) is 0 Å². The van der Waals surface area contributed by atoms with Gasteiger partial charge in [-0.05, 0) is 44.9 Å². The van der Waals surface area contributed by atoms with E-state index < -0.39 is 0 Å². The van der Waals surface area contributed by atoms with Crippen LogP contribution >= 0.6 is 0 Å². The van der Waals surface area contributed by atoms with E-state index in [1.165, 1.54) is 51.6 Å². The average molecular weight is 255 g/mol. The molecule has 0 unspecified atom stereocenters. The van der Waals surface area contributed by atoms with Crippen molar-refractivity contribution in [3.05, 3.63) is 0 Å². The van der Waals surface area contributed by atoms with Crippen LogP contribution in [0.15, 0.2) is 0 Å². The number of ether oxygens (including phenoxy) is 1. The van der Waals surface area contributed by atoms with Gasteiger partial charge >= 0.3 is 0 Å². The minimum Gasteiger partial charge on any atom is -0.378 e. The van der Waals surface area contributed by atoms with E-state index in [9.17, 15) is 0 Å². The normalized spacial score (nSPS) is 20.5. The Kier molecular flexibility index (Phi) is 7.92. The smallest absolute Gasteiger partial charge is 0.0599 e. The first-order chi connectivity index (χ1) is 8.63. The fourth-order valence-electron chi connectivity index (χ4n) is 2.83. The maximum atomic E-state index is 5.99. The van der Waals surface area contributed by atoms with Crippen molar-refractivity contribution in [2.45, 2.75) is 78.4 Å². The van der Waals surface area contributed by atoms with E-state index in [0.717, 1.165) is 18.6 Å². The second-order valence-electron chi connectivity index (χ2n) is 6.28. The molecule has 2 heteroatoms. The molecule has 0 aromatic heterocycles. The van der Waals surface area contributed by atoms with Gasteiger partial charge in [0.05, 0.1) is 6.10 Å². The van der Waals surface area contributed by atoms with E-state index in [1.807, 2.05) is 0 Å². The van der Waals surface area contributed by atoms with Gasteiger partial charge in [-0.1, -0.05) is 27.2 Å². The largest absolute Gasteiger partial charge is 0.378 e. The minimum atomic E-state index is 0.530. The molecule has 1 fully saturated rings. The molecule has 0 radical (unpaired) electrons. The third-order valence-electron chi connectivity index (χ3n) is 4.09. The Balaban J connectivity index is 2.08. The van der Waals surface area contributed by atoms with Gasteiger partial charge in [0, 0.05) is 25.7 Å². The summed E-state index contributed by atoms with van der Waals surface area (Å²) in [4.78, 5) is 2.64. The molecule has 0 saturated carbocycles. The number of hydrogen-bond acceptors (Lipinski definition) is 2.